The molecule has 4 rings (SSSR count). The maximum atomic E-state index is 13.8. The molecule has 8 nitrogen and oxygen atoms in total. The van der Waals surface area contributed by atoms with Crippen LogP contribution < -0.4 is 9.47 Å². The summed E-state index contributed by atoms with van der Waals surface area (Å²) in [5.41, 5.74) is 2.99. The molecule has 0 bridgehead atoms. The summed E-state index contributed by atoms with van der Waals surface area (Å²) in [6.45, 7) is 2.62. The number of nitrogens with one attached hydrogen (secondary N) is 1. The Bertz CT molecular complexity index is 1500. The Labute approximate surface area is 230 Å². The first-order valence-electron chi connectivity index (χ1n) is 13.0. The van der Waals surface area contributed by atoms with Crippen LogP contribution in [0.1, 0.15) is 24.5 Å². The zero-order valence-corrected chi connectivity index (χ0v) is 23.4. The van der Waals surface area contributed by atoms with Crippen LogP contribution in [0.2, 0.25) is 0 Å². The normalized spacial score (nSPS) is 11.6. The van der Waals surface area contributed by atoms with Gasteiger partial charge in [-0.15, -0.1) is 0 Å². The van der Waals surface area contributed by atoms with E-state index in [0.717, 1.165) is 22.0 Å². The zero-order chi connectivity index (χ0) is 27.8. The van der Waals surface area contributed by atoms with E-state index in [2.05, 4.69) is 11.1 Å². The van der Waals surface area contributed by atoms with Gasteiger partial charge in [0.25, 0.3) is 0 Å². The summed E-state index contributed by atoms with van der Waals surface area (Å²) in [6.07, 6.45) is 3.17. The molecule has 206 valence electrons. The van der Waals surface area contributed by atoms with E-state index >= 15 is 0 Å². The molecule has 0 unspecified atom stereocenters. The van der Waals surface area contributed by atoms with Gasteiger partial charge in [0.2, 0.25) is 15.9 Å². The number of hydrogen-bond donors (Lipinski definition) is 1. The van der Waals surface area contributed by atoms with Crippen molar-refractivity contribution in [1.82, 2.24) is 14.2 Å². The fourth-order valence-electron chi connectivity index (χ4n) is 4.61. The lowest BCUT2D eigenvalue weighted by Gasteiger charge is -2.27. The maximum Gasteiger partial charge on any atom is 0.243 e. The molecule has 0 spiro atoms. The van der Waals surface area contributed by atoms with Crippen molar-refractivity contribution in [2.24, 2.45) is 0 Å². The van der Waals surface area contributed by atoms with Crippen LogP contribution in [0.4, 0.5) is 0 Å². The fraction of sp³-hybridized carbons (Fsp3) is 0.300. The number of sulfonamides is 1. The first kappa shape index (κ1) is 28.2. The molecule has 0 saturated carbocycles. The molecule has 0 aliphatic carbocycles. The second kappa shape index (κ2) is 12.8. The van der Waals surface area contributed by atoms with Crippen molar-refractivity contribution >= 4 is 26.8 Å². The monoisotopic (exact) mass is 549 g/mol. The van der Waals surface area contributed by atoms with E-state index in [9.17, 15) is 13.2 Å². The predicted octanol–water partition coefficient (Wildman–Crippen LogP) is 4.86. The van der Waals surface area contributed by atoms with Gasteiger partial charge in [0.05, 0.1) is 25.7 Å². The Morgan fingerprint density at radius 2 is 1.62 bits per heavy atom. The van der Waals surface area contributed by atoms with Crippen LogP contribution in [0, 0.1) is 0 Å². The molecule has 1 amide bonds. The minimum Gasteiger partial charge on any atom is -0.493 e. The molecule has 0 saturated heterocycles. The molecule has 3 aromatic carbocycles. The number of amides is 1. The largest absolute Gasteiger partial charge is 0.493 e. The van der Waals surface area contributed by atoms with Crippen molar-refractivity contribution in [3.8, 4) is 11.5 Å². The highest BCUT2D eigenvalue weighted by Gasteiger charge is 2.28. The van der Waals surface area contributed by atoms with Gasteiger partial charge in [0, 0.05) is 36.7 Å². The fourth-order valence-corrected chi connectivity index (χ4v) is 6.11. The molecule has 1 N–H and O–H groups in total. The van der Waals surface area contributed by atoms with E-state index in [0.29, 0.717) is 37.4 Å². The van der Waals surface area contributed by atoms with E-state index in [1.807, 2.05) is 43.5 Å². The molecular formula is C30H35N3O5S. The summed E-state index contributed by atoms with van der Waals surface area (Å²) < 4.78 is 38.9. The highest BCUT2D eigenvalue weighted by Crippen LogP contribution is 2.28. The maximum absolute atomic E-state index is 13.8. The van der Waals surface area contributed by atoms with Gasteiger partial charge < -0.3 is 19.4 Å². The smallest absolute Gasteiger partial charge is 0.243 e. The van der Waals surface area contributed by atoms with Crippen LogP contribution in [0.15, 0.2) is 83.9 Å². The van der Waals surface area contributed by atoms with Crippen LogP contribution in [0.25, 0.3) is 10.9 Å². The average Bonchev–Trinajstić information content (AvgIpc) is 3.38. The van der Waals surface area contributed by atoms with Crippen LogP contribution >= 0.6 is 0 Å². The first-order valence-corrected chi connectivity index (χ1v) is 14.4. The van der Waals surface area contributed by atoms with Gasteiger partial charge in [-0.25, -0.2) is 8.42 Å². The summed E-state index contributed by atoms with van der Waals surface area (Å²) in [7, 11) is -0.685. The number of nitrogens with zero attached hydrogens (tertiary/aromatic N) is 2. The molecule has 0 fully saturated rings. The van der Waals surface area contributed by atoms with Gasteiger partial charge in [-0.1, -0.05) is 49.4 Å². The van der Waals surface area contributed by atoms with Crippen molar-refractivity contribution in [3.63, 3.8) is 0 Å². The Balaban J connectivity index is 1.60. The summed E-state index contributed by atoms with van der Waals surface area (Å²) in [5.74, 6) is 0.900. The third-order valence-corrected chi connectivity index (χ3v) is 8.53. The van der Waals surface area contributed by atoms with Crippen LogP contribution in [0.5, 0.6) is 11.5 Å². The molecule has 0 aliphatic heterocycles. The predicted molar refractivity (Wildman–Crippen MR) is 152 cm³/mol. The van der Waals surface area contributed by atoms with Gasteiger partial charge in [-0.2, -0.15) is 4.31 Å². The number of aromatic nitrogens is 1. The number of hydrogen-bond acceptors (Lipinski definition) is 5. The number of carbonyl (C=O) groups is 1. The number of para-hydroxylation sites is 1. The quantitative estimate of drug-likeness (QED) is 0.257. The summed E-state index contributed by atoms with van der Waals surface area (Å²) in [6, 6.07) is 21.8. The van der Waals surface area contributed by atoms with E-state index in [4.69, 9.17) is 9.47 Å². The Morgan fingerprint density at radius 1 is 0.897 bits per heavy atom. The minimum atomic E-state index is -3.83. The first-order chi connectivity index (χ1) is 18.9. The van der Waals surface area contributed by atoms with Gasteiger partial charge in [0.15, 0.2) is 11.5 Å². The SMILES string of the molecule is CCCN(CC(=O)N(CCc1c[nH]c2ccccc12)Cc1ccc(OC)c(OC)c1)S(=O)(=O)c1ccccc1. The number of benzene rings is 3. The van der Waals surface area contributed by atoms with Gasteiger partial charge in [0.1, 0.15) is 0 Å². The Hall–Kier alpha value is -3.82. The lowest BCUT2D eigenvalue weighted by Crippen LogP contribution is -2.43. The standard InChI is InChI=1S/C30H35N3O5S/c1-4-17-33(39(35,36)25-10-6-5-7-11-25)22-30(34)32(21-23-14-15-28(37-2)29(19-23)38-3)18-16-24-20-31-27-13-9-8-12-26(24)27/h5-15,19-20,31H,4,16-18,21-22H2,1-3H3. The van der Waals surface area contributed by atoms with E-state index in [1.165, 1.54) is 4.31 Å². The second-order valence-corrected chi connectivity index (χ2v) is 11.2. The number of carbonyl (C=O) groups excluding carboxylic acids is 1. The van der Waals surface area contributed by atoms with E-state index in [1.54, 1.807) is 55.5 Å². The number of H-pyrrole nitrogens is 1. The molecule has 9 heteroatoms. The van der Waals surface area contributed by atoms with Crippen molar-refractivity contribution in [3.05, 3.63) is 90.1 Å². The van der Waals surface area contributed by atoms with Crippen molar-refractivity contribution < 1.29 is 22.7 Å². The lowest BCUT2D eigenvalue weighted by molar-refractivity contribution is -0.132. The second-order valence-electron chi connectivity index (χ2n) is 9.27. The van der Waals surface area contributed by atoms with Crippen LogP contribution in [0.3, 0.4) is 0 Å². The van der Waals surface area contributed by atoms with Gasteiger partial charge in [-0.05, 0) is 54.3 Å². The molecule has 0 aliphatic rings. The average molecular weight is 550 g/mol. The van der Waals surface area contributed by atoms with Crippen LogP contribution in [-0.2, 0) is 27.8 Å². The minimum absolute atomic E-state index is 0.177. The molecule has 0 atom stereocenters. The zero-order valence-electron chi connectivity index (χ0n) is 22.6. The molecule has 39 heavy (non-hydrogen) atoms. The Kier molecular flexibility index (Phi) is 9.27. The van der Waals surface area contributed by atoms with Crippen molar-refractivity contribution in [1.29, 1.82) is 0 Å². The number of aromatic amines is 1. The van der Waals surface area contributed by atoms with Crippen molar-refractivity contribution in [2.45, 2.75) is 31.2 Å². The molecule has 1 heterocycles. The number of methoxy groups -OCH3 is 2. The molecule has 4 aromatic rings. The Morgan fingerprint density at radius 3 is 2.33 bits per heavy atom. The van der Waals surface area contributed by atoms with E-state index in [-0.39, 0.29) is 23.9 Å². The van der Waals surface area contributed by atoms with Crippen LogP contribution in [-0.4, -0.2) is 62.4 Å². The molecule has 1 aromatic heterocycles. The highest BCUT2D eigenvalue weighted by atomic mass is 32.2. The van der Waals surface area contributed by atoms with E-state index < -0.39 is 10.0 Å². The third-order valence-electron chi connectivity index (χ3n) is 6.67. The number of ether oxygens (including phenoxy) is 2. The molecular weight excluding hydrogens is 514 g/mol. The van der Waals surface area contributed by atoms with Gasteiger partial charge >= 0.3 is 0 Å². The molecule has 0 radical (unpaired) electrons. The summed E-state index contributed by atoms with van der Waals surface area (Å²) in [4.78, 5) is 18.9. The summed E-state index contributed by atoms with van der Waals surface area (Å²) >= 11 is 0. The number of rotatable bonds is 13. The van der Waals surface area contributed by atoms with Gasteiger partial charge in [-0.3, -0.25) is 4.79 Å². The summed E-state index contributed by atoms with van der Waals surface area (Å²) in [5, 5.41) is 1.11. The number of fused-ring (bicyclic) bond motifs is 1. The highest BCUT2D eigenvalue weighted by molar-refractivity contribution is 7.89. The lowest BCUT2D eigenvalue weighted by atomic mass is 10.1. The van der Waals surface area contributed by atoms with Crippen molar-refractivity contribution in [2.75, 3.05) is 33.9 Å². The third kappa shape index (κ3) is 6.61. The topological polar surface area (TPSA) is 91.9 Å².